The molecule has 2 amide bonds. The van der Waals surface area contributed by atoms with Crippen molar-refractivity contribution >= 4 is 34.2 Å². The smallest absolute Gasteiger partial charge is 0.303 e. The van der Waals surface area contributed by atoms with Gasteiger partial charge in [0.05, 0.1) is 17.8 Å². The molecule has 3 rings (SSSR count). The number of nitrogens with zero attached hydrogens (tertiary/aromatic N) is 2. The van der Waals surface area contributed by atoms with E-state index in [0.29, 0.717) is 5.69 Å². The second-order valence-electron chi connectivity index (χ2n) is 6.70. The Morgan fingerprint density at radius 3 is 2.62 bits per heavy atom. The fraction of sp³-hybridized carbons (Fsp3) is 0.286. The minimum Gasteiger partial charge on any atom is -0.503 e. The molecule has 8 nitrogen and oxygen atoms in total. The van der Waals surface area contributed by atoms with Gasteiger partial charge in [0.15, 0.2) is 5.76 Å². The third-order valence-electron chi connectivity index (χ3n) is 4.76. The first-order chi connectivity index (χ1) is 13.9. The number of methoxy groups -OCH3 is 1. The second-order valence-corrected chi connectivity index (χ2v) is 6.70. The van der Waals surface area contributed by atoms with Gasteiger partial charge < -0.3 is 19.8 Å². The Hall–Kier alpha value is -3.39. The molecule has 0 saturated heterocycles. The molecule has 8 heteroatoms. The summed E-state index contributed by atoms with van der Waals surface area (Å²) in [6, 6.07) is 13.1. The highest BCUT2D eigenvalue weighted by molar-refractivity contribution is 6.15. The quantitative estimate of drug-likeness (QED) is 0.661. The third kappa shape index (κ3) is 4.22. The Kier molecular flexibility index (Phi) is 6.13. The molecular formula is C21H22N2O6. The summed E-state index contributed by atoms with van der Waals surface area (Å²) in [5.41, 5.74) is 0.572. The summed E-state index contributed by atoms with van der Waals surface area (Å²) in [6.45, 7) is 0.00937. The number of benzene rings is 2. The maximum absolute atomic E-state index is 13.2. The molecular weight excluding hydrogens is 376 g/mol. The topological polar surface area (TPSA) is 107 Å². The Morgan fingerprint density at radius 1 is 1.17 bits per heavy atom. The van der Waals surface area contributed by atoms with Crippen molar-refractivity contribution in [3.63, 3.8) is 0 Å². The third-order valence-corrected chi connectivity index (χ3v) is 4.76. The number of carbonyl (C=O) groups excluding carboxylic acids is 2. The number of aliphatic carboxylic acids is 1. The van der Waals surface area contributed by atoms with Crippen LogP contribution in [0.2, 0.25) is 0 Å². The van der Waals surface area contributed by atoms with Gasteiger partial charge in [-0.3, -0.25) is 19.3 Å². The number of carbonyl (C=O) groups is 3. The van der Waals surface area contributed by atoms with E-state index < -0.39 is 23.5 Å². The molecule has 2 aromatic carbocycles. The first-order valence-electron chi connectivity index (χ1n) is 9.15. The maximum Gasteiger partial charge on any atom is 0.303 e. The molecule has 1 heterocycles. The van der Waals surface area contributed by atoms with E-state index in [4.69, 9.17) is 9.84 Å². The first kappa shape index (κ1) is 20.3. The predicted molar refractivity (Wildman–Crippen MR) is 106 cm³/mol. The van der Waals surface area contributed by atoms with Gasteiger partial charge in [-0.15, -0.1) is 0 Å². The van der Waals surface area contributed by atoms with Gasteiger partial charge in [-0.2, -0.15) is 0 Å². The van der Waals surface area contributed by atoms with E-state index in [9.17, 15) is 19.5 Å². The lowest BCUT2D eigenvalue weighted by Crippen LogP contribution is -2.36. The van der Waals surface area contributed by atoms with Crippen molar-refractivity contribution in [3.8, 4) is 0 Å². The number of anilines is 1. The van der Waals surface area contributed by atoms with Gasteiger partial charge in [0, 0.05) is 25.5 Å². The van der Waals surface area contributed by atoms with E-state index in [1.165, 1.54) is 16.9 Å². The van der Waals surface area contributed by atoms with Gasteiger partial charge >= 0.3 is 5.97 Å². The van der Waals surface area contributed by atoms with Crippen LogP contribution in [0.25, 0.3) is 10.8 Å². The summed E-state index contributed by atoms with van der Waals surface area (Å²) in [5.74, 6) is -2.78. The van der Waals surface area contributed by atoms with Crippen LogP contribution in [0.5, 0.6) is 0 Å². The van der Waals surface area contributed by atoms with Crippen LogP contribution < -0.4 is 4.90 Å². The SMILES string of the molecule is COCN(C(=O)C1=C(O)C(=O)N(CCCC(=O)O)C1)c1cccc2ccccc12. The number of carboxylic acids is 1. The fourth-order valence-corrected chi connectivity index (χ4v) is 3.36. The van der Waals surface area contributed by atoms with Crippen LogP contribution >= 0.6 is 0 Å². The Bertz CT molecular complexity index is 979. The number of rotatable bonds is 8. The van der Waals surface area contributed by atoms with E-state index >= 15 is 0 Å². The number of amides is 2. The molecule has 29 heavy (non-hydrogen) atoms. The van der Waals surface area contributed by atoms with Crippen molar-refractivity contribution in [2.45, 2.75) is 12.8 Å². The highest BCUT2D eigenvalue weighted by atomic mass is 16.5. The van der Waals surface area contributed by atoms with Crippen molar-refractivity contribution in [1.29, 1.82) is 0 Å². The van der Waals surface area contributed by atoms with Gasteiger partial charge in [0.25, 0.3) is 11.8 Å². The number of aliphatic hydroxyl groups excluding tert-OH is 1. The van der Waals surface area contributed by atoms with Crippen molar-refractivity contribution in [2.75, 3.05) is 31.8 Å². The first-order valence-corrected chi connectivity index (χ1v) is 9.15. The molecule has 2 aromatic rings. The lowest BCUT2D eigenvalue weighted by molar-refractivity contribution is -0.137. The number of ether oxygens (including phenoxy) is 1. The highest BCUT2D eigenvalue weighted by Gasteiger charge is 2.36. The molecule has 0 unspecified atom stereocenters. The molecule has 0 atom stereocenters. The number of carboxylic acid groups (broad SMARTS) is 1. The lowest BCUT2D eigenvalue weighted by Gasteiger charge is -2.24. The molecule has 0 fully saturated rings. The minimum atomic E-state index is -0.965. The maximum atomic E-state index is 13.2. The van der Waals surface area contributed by atoms with Crippen LogP contribution in [0.15, 0.2) is 53.8 Å². The standard InChI is InChI=1S/C21H22N2O6/c1-29-13-23(17-9-4-7-14-6-2-3-8-15(14)17)20(27)16-12-22(21(28)19(16)26)11-5-10-18(24)25/h2-4,6-9,26H,5,10-13H2,1H3,(H,24,25). The Labute approximate surface area is 167 Å². The Morgan fingerprint density at radius 2 is 1.90 bits per heavy atom. The monoisotopic (exact) mass is 398 g/mol. The van der Waals surface area contributed by atoms with Crippen molar-refractivity contribution in [1.82, 2.24) is 4.90 Å². The molecule has 1 aliphatic heterocycles. The summed E-state index contributed by atoms with van der Waals surface area (Å²) in [4.78, 5) is 38.8. The van der Waals surface area contributed by atoms with E-state index in [0.717, 1.165) is 10.8 Å². The summed E-state index contributed by atoms with van der Waals surface area (Å²) < 4.78 is 5.21. The van der Waals surface area contributed by atoms with Gasteiger partial charge in [-0.1, -0.05) is 36.4 Å². The summed E-state index contributed by atoms with van der Waals surface area (Å²) >= 11 is 0. The number of hydrogen-bond donors (Lipinski definition) is 2. The van der Waals surface area contributed by atoms with Gasteiger partial charge in [-0.05, 0) is 17.9 Å². The van der Waals surface area contributed by atoms with Crippen molar-refractivity contribution in [3.05, 3.63) is 53.8 Å². The molecule has 0 bridgehead atoms. The van der Waals surface area contributed by atoms with Crippen LogP contribution in [-0.4, -0.2) is 59.8 Å². The molecule has 0 saturated carbocycles. The fourth-order valence-electron chi connectivity index (χ4n) is 3.36. The molecule has 0 aromatic heterocycles. The van der Waals surface area contributed by atoms with Crippen LogP contribution in [0.1, 0.15) is 12.8 Å². The zero-order valence-electron chi connectivity index (χ0n) is 16.0. The van der Waals surface area contributed by atoms with E-state index in [1.54, 1.807) is 6.07 Å². The summed E-state index contributed by atoms with van der Waals surface area (Å²) in [6.07, 6.45) is 0.139. The summed E-state index contributed by atoms with van der Waals surface area (Å²) in [5, 5.41) is 20.8. The zero-order valence-corrected chi connectivity index (χ0v) is 16.0. The Balaban J connectivity index is 1.87. The number of aliphatic hydroxyl groups is 1. The van der Waals surface area contributed by atoms with Gasteiger partial charge in [0.1, 0.15) is 6.73 Å². The van der Waals surface area contributed by atoms with Crippen LogP contribution in [0, 0.1) is 0 Å². The minimum absolute atomic E-state index is 0.0321. The number of fused-ring (bicyclic) bond motifs is 1. The van der Waals surface area contributed by atoms with E-state index in [1.807, 2.05) is 36.4 Å². The van der Waals surface area contributed by atoms with Crippen LogP contribution in [0.3, 0.4) is 0 Å². The molecule has 1 aliphatic rings. The average Bonchev–Trinajstić information content (AvgIpc) is 2.99. The molecule has 0 spiro atoms. The number of hydrogen-bond acceptors (Lipinski definition) is 5. The van der Waals surface area contributed by atoms with E-state index in [-0.39, 0.29) is 38.2 Å². The van der Waals surface area contributed by atoms with E-state index in [2.05, 4.69) is 0 Å². The molecule has 0 radical (unpaired) electrons. The van der Waals surface area contributed by atoms with Gasteiger partial charge in [0.2, 0.25) is 0 Å². The lowest BCUT2D eigenvalue weighted by atomic mass is 10.1. The molecule has 152 valence electrons. The van der Waals surface area contributed by atoms with Crippen LogP contribution in [-0.2, 0) is 19.1 Å². The predicted octanol–water partition coefficient (Wildman–Crippen LogP) is 2.30. The molecule has 2 N–H and O–H groups in total. The van der Waals surface area contributed by atoms with Crippen LogP contribution in [0.4, 0.5) is 5.69 Å². The summed E-state index contributed by atoms with van der Waals surface area (Å²) in [7, 11) is 1.46. The van der Waals surface area contributed by atoms with Crippen molar-refractivity contribution < 1.29 is 29.3 Å². The average molecular weight is 398 g/mol. The normalized spacial score (nSPS) is 14.0. The van der Waals surface area contributed by atoms with Gasteiger partial charge in [-0.25, -0.2) is 0 Å². The van der Waals surface area contributed by atoms with Crippen molar-refractivity contribution in [2.24, 2.45) is 0 Å². The highest BCUT2D eigenvalue weighted by Crippen LogP contribution is 2.29. The zero-order chi connectivity index (χ0) is 21.0. The largest absolute Gasteiger partial charge is 0.503 e. The second kappa shape index (κ2) is 8.74. The molecule has 0 aliphatic carbocycles.